The highest BCUT2D eigenvalue weighted by molar-refractivity contribution is 6.19. The van der Waals surface area contributed by atoms with Gasteiger partial charge in [-0.25, -0.2) is 14.0 Å². The number of rotatable bonds is 4. The maximum Gasteiger partial charge on any atom is 0.258 e. The second-order valence-corrected chi connectivity index (χ2v) is 9.11. The maximum absolute atomic E-state index is 14.0. The number of aromatic nitrogens is 2. The molecule has 0 saturated carbocycles. The molecule has 8 heteroatoms. The van der Waals surface area contributed by atoms with Crippen LogP contribution in [0.25, 0.3) is 5.69 Å². The molecular weight excluding hydrogens is 471 g/mol. The highest BCUT2D eigenvalue weighted by Gasteiger charge is 2.47. The minimum atomic E-state index is -1.12. The monoisotopic (exact) mass is 496 g/mol. The molecule has 7 nitrogen and oxygen atoms in total. The van der Waals surface area contributed by atoms with E-state index in [1.54, 1.807) is 41.9 Å². The van der Waals surface area contributed by atoms with Gasteiger partial charge in [0.05, 0.1) is 11.4 Å². The van der Waals surface area contributed by atoms with E-state index in [1.165, 1.54) is 19.1 Å². The molecule has 0 unspecified atom stereocenters. The summed E-state index contributed by atoms with van der Waals surface area (Å²) in [5.41, 5.74) is 3.77. The Kier molecular flexibility index (Phi) is 6.17. The van der Waals surface area contributed by atoms with Gasteiger partial charge in [0.25, 0.3) is 11.8 Å². The van der Waals surface area contributed by atoms with Crippen LogP contribution in [0.15, 0.2) is 78.9 Å². The smallest absolute Gasteiger partial charge is 0.258 e. The molecule has 1 aromatic heterocycles. The summed E-state index contributed by atoms with van der Waals surface area (Å²) in [6.07, 6.45) is 0. The molecule has 3 amide bonds. The lowest BCUT2D eigenvalue weighted by Crippen LogP contribution is -2.56. The van der Waals surface area contributed by atoms with Crippen molar-refractivity contribution < 1.29 is 18.8 Å². The van der Waals surface area contributed by atoms with Crippen LogP contribution in [0.5, 0.6) is 0 Å². The molecule has 0 aliphatic carbocycles. The summed E-state index contributed by atoms with van der Waals surface area (Å²) in [6, 6.07) is 20.9. The zero-order chi connectivity index (χ0) is 26.3. The second kappa shape index (κ2) is 9.46. The van der Waals surface area contributed by atoms with Crippen LogP contribution in [-0.4, -0.2) is 33.5 Å². The third kappa shape index (κ3) is 4.31. The first-order valence-electron chi connectivity index (χ1n) is 11.9. The highest BCUT2D eigenvalue weighted by Crippen LogP contribution is 2.43. The lowest BCUT2D eigenvalue weighted by Gasteiger charge is -2.37. The van der Waals surface area contributed by atoms with Gasteiger partial charge in [0, 0.05) is 24.0 Å². The van der Waals surface area contributed by atoms with Crippen molar-refractivity contribution in [2.75, 3.05) is 4.90 Å². The Bertz CT molecular complexity index is 1510. The molecule has 37 heavy (non-hydrogen) atoms. The molecule has 186 valence electrons. The molecule has 0 fully saturated rings. The third-order valence-corrected chi connectivity index (χ3v) is 6.54. The van der Waals surface area contributed by atoms with Crippen LogP contribution in [0, 0.1) is 19.7 Å². The van der Waals surface area contributed by atoms with E-state index < -0.39 is 35.5 Å². The van der Waals surface area contributed by atoms with Crippen molar-refractivity contribution in [3.63, 3.8) is 0 Å². The van der Waals surface area contributed by atoms with Gasteiger partial charge in [0.15, 0.2) is 0 Å². The number of nitrogens with zero attached hydrogens (tertiary/aromatic N) is 3. The van der Waals surface area contributed by atoms with Gasteiger partial charge in [-0.05, 0) is 55.8 Å². The zero-order valence-corrected chi connectivity index (χ0v) is 20.6. The van der Waals surface area contributed by atoms with Gasteiger partial charge in [0.2, 0.25) is 5.91 Å². The van der Waals surface area contributed by atoms with E-state index in [0.717, 1.165) is 10.5 Å². The van der Waals surface area contributed by atoms with Crippen LogP contribution in [0.3, 0.4) is 0 Å². The number of carbonyl (C=O) groups excluding carboxylic acids is 3. The normalized spacial score (nSPS) is 16.9. The summed E-state index contributed by atoms with van der Waals surface area (Å²) in [4.78, 5) is 41.2. The van der Waals surface area contributed by atoms with Gasteiger partial charge in [-0.3, -0.25) is 14.4 Å². The average Bonchev–Trinajstić information content (AvgIpc) is 3.21. The third-order valence-electron chi connectivity index (χ3n) is 6.54. The molecule has 0 saturated heterocycles. The Morgan fingerprint density at radius 2 is 1.65 bits per heavy atom. The van der Waals surface area contributed by atoms with Crippen LogP contribution in [0.2, 0.25) is 0 Å². The summed E-state index contributed by atoms with van der Waals surface area (Å²) in [6.45, 7) is 4.97. The van der Waals surface area contributed by atoms with Crippen molar-refractivity contribution in [3.05, 3.63) is 113 Å². The first-order valence-corrected chi connectivity index (χ1v) is 11.9. The number of aryl methyl sites for hydroxylation is 2. The molecule has 0 radical (unpaired) electrons. The Morgan fingerprint density at radius 3 is 2.30 bits per heavy atom. The number of carbonyl (C=O) groups is 3. The molecule has 2 atom stereocenters. The molecule has 0 bridgehead atoms. The highest BCUT2D eigenvalue weighted by atomic mass is 19.1. The number of imide groups is 1. The van der Waals surface area contributed by atoms with E-state index >= 15 is 0 Å². The average molecular weight is 497 g/mol. The van der Waals surface area contributed by atoms with Crippen molar-refractivity contribution in [2.24, 2.45) is 0 Å². The fourth-order valence-corrected chi connectivity index (χ4v) is 4.90. The number of nitrogens with one attached hydrogen (secondary N) is 1. The van der Waals surface area contributed by atoms with Crippen LogP contribution < -0.4 is 10.2 Å². The van der Waals surface area contributed by atoms with E-state index in [9.17, 15) is 18.8 Å². The summed E-state index contributed by atoms with van der Waals surface area (Å²) in [7, 11) is 0. The van der Waals surface area contributed by atoms with Crippen LogP contribution in [0.1, 0.15) is 45.6 Å². The predicted molar refractivity (Wildman–Crippen MR) is 137 cm³/mol. The Balaban J connectivity index is 1.72. The van der Waals surface area contributed by atoms with Crippen LogP contribution >= 0.6 is 0 Å². The minimum Gasteiger partial charge on any atom is -0.339 e. The summed E-state index contributed by atoms with van der Waals surface area (Å²) < 4.78 is 15.4. The summed E-state index contributed by atoms with van der Waals surface area (Å²) in [5, 5.41) is 7.55. The fraction of sp³-hybridized carbons (Fsp3) is 0.172. The quantitative estimate of drug-likeness (QED) is 0.452. The van der Waals surface area contributed by atoms with Gasteiger partial charge >= 0.3 is 0 Å². The molecule has 4 aromatic rings. The number of fused-ring (bicyclic) bond motifs is 1. The van der Waals surface area contributed by atoms with Crippen molar-refractivity contribution in [1.29, 1.82) is 0 Å². The van der Waals surface area contributed by atoms with Gasteiger partial charge in [-0.2, -0.15) is 5.10 Å². The van der Waals surface area contributed by atoms with Crippen LogP contribution in [-0.2, 0) is 9.59 Å². The second-order valence-electron chi connectivity index (χ2n) is 9.11. The number of benzene rings is 3. The number of para-hydroxylation sites is 1. The Morgan fingerprint density at radius 1 is 0.946 bits per heavy atom. The largest absolute Gasteiger partial charge is 0.339 e. The van der Waals surface area contributed by atoms with Gasteiger partial charge in [-0.1, -0.05) is 48.0 Å². The lowest BCUT2D eigenvalue weighted by atomic mass is 9.81. The van der Waals surface area contributed by atoms with E-state index in [-0.39, 0.29) is 0 Å². The SMILES string of the molecule is CC(=O)N1C(=O)[C@@H](NC(=O)c2cccc(C)c2)[C@@H](c2ccc(F)cc2)c2c(C)nn(-c3ccccc3)c21. The molecule has 1 aliphatic rings. The van der Waals surface area contributed by atoms with Crippen molar-refractivity contribution in [3.8, 4) is 5.69 Å². The van der Waals surface area contributed by atoms with E-state index in [0.29, 0.717) is 33.9 Å². The number of anilines is 1. The molecule has 3 aromatic carbocycles. The number of amides is 3. The Hall–Kier alpha value is -4.59. The predicted octanol–water partition coefficient (Wildman–Crippen LogP) is 4.45. The molecule has 1 aliphatic heterocycles. The lowest BCUT2D eigenvalue weighted by molar-refractivity contribution is -0.127. The minimum absolute atomic E-state index is 0.316. The molecular formula is C29H25FN4O3. The first kappa shape index (κ1) is 24.1. The van der Waals surface area contributed by atoms with Crippen molar-refractivity contribution in [2.45, 2.75) is 32.7 Å². The number of halogens is 1. The van der Waals surface area contributed by atoms with Gasteiger partial charge in [0.1, 0.15) is 17.7 Å². The maximum atomic E-state index is 14.0. The Labute approximate surface area is 213 Å². The van der Waals surface area contributed by atoms with Gasteiger partial charge in [-0.15, -0.1) is 0 Å². The van der Waals surface area contributed by atoms with Crippen molar-refractivity contribution >= 4 is 23.5 Å². The molecule has 0 spiro atoms. The fourth-order valence-electron chi connectivity index (χ4n) is 4.90. The first-order chi connectivity index (χ1) is 17.8. The van der Waals surface area contributed by atoms with E-state index in [1.807, 2.05) is 43.3 Å². The van der Waals surface area contributed by atoms with Crippen LogP contribution in [0.4, 0.5) is 10.2 Å². The number of hydrogen-bond acceptors (Lipinski definition) is 4. The molecule has 5 rings (SSSR count). The molecule has 1 N–H and O–H groups in total. The summed E-state index contributed by atoms with van der Waals surface area (Å²) in [5.74, 6) is -2.35. The topological polar surface area (TPSA) is 84.3 Å². The standard InChI is InChI=1S/C29H25FN4O3/c1-17-8-7-9-21(16-17)27(36)31-26-25(20-12-14-22(30)15-13-20)24-18(2)32-34(23-10-5-4-6-11-23)28(24)33(19(3)35)29(26)37/h4-16,25-26H,1-3H3,(H,31,36)/t25-,26-/m0/s1. The number of hydrogen-bond donors (Lipinski definition) is 1. The van der Waals surface area contributed by atoms with Crippen molar-refractivity contribution in [1.82, 2.24) is 15.1 Å². The van der Waals surface area contributed by atoms with E-state index in [2.05, 4.69) is 5.32 Å². The van der Waals surface area contributed by atoms with E-state index in [4.69, 9.17) is 5.10 Å². The van der Waals surface area contributed by atoms with Gasteiger partial charge < -0.3 is 5.32 Å². The summed E-state index contributed by atoms with van der Waals surface area (Å²) >= 11 is 0. The molecule has 2 heterocycles. The zero-order valence-electron chi connectivity index (χ0n) is 20.6.